The van der Waals surface area contributed by atoms with Gasteiger partial charge in [-0.05, 0) is 37.8 Å². The van der Waals surface area contributed by atoms with Gasteiger partial charge >= 0.3 is 0 Å². The third-order valence-electron chi connectivity index (χ3n) is 4.37. The van der Waals surface area contributed by atoms with E-state index < -0.39 is 6.10 Å². The maximum absolute atomic E-state index is 13.9. The molecule has 3 nitrogen and oxygen atoms in total. The molecule has 0 spiro atoms. The number of anilines is 1. The molecule has 1 heterocycles. The van der Waals surface area contributed by atoms with Crippen LogP contribution in [-0.2, 0) is 0 Å². The Labute approximate surface area is 120 Å². The first kappa shape index (κ1) is 13.8. The van der Waals surface area contributed by atoms with Gasteiger partial charge in [-0.3, -0.25) is 4.90 Å². The smallest absolute Gasteiger partial charge is 0.131 e. The maximum atomic E-state index is 13.9. The number of hydrogen-bond acceptors (Lipinski definition) is 3. The van der Waals surface area contributed by atoms with E-state index in [1.807, 2.05) is 6.07 Å². The van der Waals surface area contributed by atoms with Crippen LogP contribution >= 0.6 is 0 Å². The molecule has 1 aromatic rings. The SMILES string of the molecule is CC(O)c1c(F)cccc1N1CCN(CC2CC2)CC1. The van der Waals surface area contributed by atoms with E-state index in [-0.39, 0.29) is 5.82 Å². The quantitative estimate of drug-likeness (QED) is 0.916. The topological polar surface area (TPSA) is 26.7 Å². The average Bonchev–Trinajstić information content (AvgIpc) is 3.23. The van der Waals surface area contributed by atoms with Crippen LogP contribution in [0.1, 0.15) is 31.4 Å². The molecule has 1 N–H and O–H groups in total. The maximum Gasteiger partial charge on any atom is 0.131 e. The van der Waals surface area contributed by atoms with Gasteiger partial charge in [0, 0.05) is 44.0 Å². The van der Waals surface area contributed by atoms with Crippen molar-refractivity contribution in [2.45, 2.75) is 25.9 Å². The summed E-state index contributed by atoms with van der Waals surface area (Å²) in [6.45, 7) is 6.75. The normalized spacial score (nSPS) is 22.1. The average molecular weight is 278 g/mol. The van der Waals surface area contributed by atoms with Gasteiger partial charge in [0.25, 0.3) is 0 Å². The molecule has 1 saturated carbocycles. The van der Waals surface area contributed by atoms with Crippen molar-refractivity contribution in [1.29, 1.82) is 0 Å². The second-order valence-corrected chi connectivity index (χ2v) is 6.08. The summed E-state index contributed by atoms with van der Waals surface area (Å²) in [5, 5.41) is 9.82. The molecule has 1 saturated heterocycles. The minimum absolute atomic E-state index is 0.307. The monoisotopic (exact) mass is 278 g/mol. The first-order valence-corrected chi connectivity index (χ1v) is 7.59. The third-order valence-corrected chi connectivity index (χ3v) is 4.37. The minimum Gasteiger partial charge on any atom is -0.389 e. The first-order valence-electron chi connectivity index (χ1n) is 7.59. The van der Waals surface area contributed by atoms with E-state index in [4.69, 9.17) is 0 Å². The molecule has 1 aliphatic carbocycles. The lowest BCUT2D eigenvalue weighted by Gasteiger charge is -2.37. The molecule has 0 aromatic heterocycles. The molecule has 0 amide bonds. The van der Waals surface area contributed by atoms with E-state index in [9.17, 15) is 9.50 Å². The Bertz CT molecular complexity index is 466. The summed E-state index contributed by atoms with van der Waals surface area (Å²) in [5.74, 6) is 0.613. The Hall–Kier alpha value is -1.13. The van der Waals surface area contributed by atoms with Gasteiger partial charge in [-0.25, -0.2) is 4.39 Å². The highest BCUT2D eigenvalue weighted by atomic mass is 19.1. The fraction of sp³-hybridized carbons (Fsp3) is 0.625. The summed E-state index contributed by atoms with van der Waals surface area (Å²) in [6, 6.07) is 5.07. The van der Waals surface area contributed by atoms with Gasteiger partial charge in [0.1, 0.15) is 5.82 Å². The third kappa shape index (κ3) is 2.96. The van der Waals surface area contributed by atoms with Gasteiger partial charge in [-0.2, -0.15) is 0 Å². The highest BCUT2D eigenvalue weighted by molar-refractivity contribution is 5.55. The number of aliphatic hydroxyl groups excluding tert-OH is 1. The zero-order valence-corrected chi connectivity index (χ0v) is 12.1. The fourth-order valence-electron chi connectivity index (χ4n) is 3.05. The molecule has 1 aliphatic heterocycles. The van der Waals surface area contributed by atoms with Crippen molar-refractivity contribution in [3.8, 4) is 0 Å². The van der Waals surface area contributed by atoms with Gasteiger partial charge in [-0.15, -0.1) is 0 Å². The Morgan fingerprint density at radius 1 is 1.25 bits per heavy atom. The Morgan fingerprint density at radius 3 is 2.55 bits per heavy atom. The van der Waals surface area contributed by atoms with Gasteiger partial charge in [0.15, 0.2) is 0 Å². The van der Waals surface area contributed by atoms with Crippen molar-refractivity contribution < 1.29 is 9.50 Å². The van der Waals surface area contributed by atoms with E-state index in [0.29, 0.717) is 5.56 Å². The van der Waals surface area contributed by atoms with E-state index in [2.05, 4.69) is 9.80 Å². The van der Waals surface area contributed by atoms with E-state index in [1.165, 1.54) is 25.5 Å². The van der Waals surface area contributed by atoms with Crippen LogP contribution in [0.2, 0.25) is 0 Å². The van der Waals surface area contributed by atoms with Crippen molar-refractivity contribution in [3.63, 3.8) is 0 Å². The molecule has 110 valence electrons. The van der Waals surface area contributed by atoms with E-state index in [0.717, 1.165) is 37.8 Å². The van der Waals surface area contributed by atoms with Crippen molar-refractivity contribution in [3.05, 3.63) is 29.6 Å². The second kappa shape index (κ2) is 5.70. The molecule has 0 bridgehead atoms. The summed E-state index contributed by atoms with van der Waals surface area (Å²) >= 11 is 0. The molecule has 20 heavy (non-hydrogen) atoms. The van der Waals surface area contributed by atoms with Gasteiger partial charge in [0.05, 0.1) is 6.10 Å². The van der Waals surface area contributed by atoms with Gasteiger partial charge in [0.2, 0.25) is 0 Å². The summed E-state index contributed by atoms with van der Waals surface area (Å²) < 4.78 is 13.9. The van der Waals surface area contributed by atoms with Crippen LogP contribution in [0.15, 0.2) is 18.2 Å². The number of hydrogen-bond donors (Lipinski definition) is 1. The van der Waals surface area contributed by atoms with Crippen LogP contribution in [0, 0.1) is 11.7 Å². The van der Waals surface area contributed by atoms with Gasteiger partial charge in [-0.1, -0.05) is 6.07 Å². The standard InChI is InChI=1S/C16H23FN2O/c1-12(20)16-14(17)3-2-4-15(16)19-9-7-18(8-10-19)11-13-5-6-13/h2-4,12-13,20H,5-11H2,1H3. The summed E-state index contributed by atoms with van der Waals surface area (Å²) in [7, 11) is 0. The Morgan fingerprint density at radius 2 is 1.95 bits per heavy atom. The lowest BCUT2D eigenvalue weighted by atomic mass is 10.1. The largest absolute Gasteiger partial charge is 0.389 e. The number of aliphatic hydroxyl groups is 1. The predicted molar refractivity (Wildman–Crippen MR) is 78.4 cm³/mol. The second-order valence-electron chi connectivity index (χ2n) is 6.08. The van der Waals surface area contributed by atoms with E-state index >= 15 is 0 Å². The zero-order chi connectivity index (χ0) is 14.1. The molecule has 1 unspecified atom stereocenters. The van der Waals surface area contributed by atoms with E-state index in [1.54, 1.807) is 13.0 Å². The number of rotatable bonds is 4. The van der Waals surface area contributed by atoms with Crippen molar-refractivity contribution in [2.75, 3.05) is 37.6 Å². The number of benzene rings is 1. The highest BCUT2D eigenvalue weighted by Gasteiger charge is 2.27. The molecule has 1 aromatic carbocycles. The van der Waals surface area contributed by atoms with Crippen molar-refractivity contribution >= 4 is 5.69 Å². The van der Waals surface area contributed by atoms with Crippen LogP contribution in [0.4, 0.5) is 10.1 Å². The Kier molecular flexibility index (Phi) is 3.94. The van der Waals surface area contributed by atoms with Crippen molar-refractivity contribution in [2.24, 2.45) is 5.92 Å². The highest BCUT2D eigenvalue weighted by Crippen LogP contribution is 2.32. The molecule has 1 atom stereocenters. The number of nitrogens with zero attached hydrogens (tertiary/aromatic N) is 2. The number of piperazine rings is 1. The van der Waals surface area contributed by atoms with Crippen LogP contribution in [-0.4, -0.2) is 42.7 Å². The predicted octanol–water partition coefficient (Wildman–Crippen LogP) is 2.41. The summed E-state index contributed by atoms with van der Waals surface area (Å²) in [5.41, 5.74) is 1.29. The van der Waals surface area contributed by atoms with Crippen LogP contribution in [0.3, 0.4) is 0 Å². The zero-order valence-electron chi connectivity index (χ0n) is 12.1. The van der Waals surface area contributed by atoms with Crippen molar-refractivity contribution in [1.82, 2.24) is 4.90 Å². The van der Waals surface area contributed by atoms with Crippen LogP contribution < -0.4 is 4.90 Å². The molecule has 2 fully saturated rings. The van der Waals surface area contributed by atoms with Gasteiger partial charge < -0.3 is 10.0 Å². The van der Waals surface area contributed by atoms with Crippen LogP contribution in [0.25, 0.3) is 0 Å². The minimum atomic E-state index is -0.768. The first-order chi connectivity index (χ1) is 9.65. The molecule has 2 aliphatic rings. The summed E-state index contributed by atoms with van der Waals surface area (Å²) in [4.78, 5) is 4.71. The Balaban J connectivity index is 1.69. The molecular weight excluding hydrogens is 255 g/mol. The lowest BCUT2D eigenvalue weighted by molar-refractivity contribution is 0.193. The lowest BCUT2D eigenvalue weighted by Crippen LogP contribution is -2.47. The summed E-state index contributed by atoms with van der Waals surface area (Å²) in [6.07, 6.45) is 2.00. The van der Waals surface area contributed by atoms with Crippen LogP contribution in [0.5, 0.6) is 0 Å². The fourth-order valence-corrected chi connectivity index (χ4v) is 3.05. The number of halogens is 1. The molecule has 4 heteroatoms. The molecule has 3 rings (SSSR count). The molecular formula is C16H23FN2O. The molecule has 0 radical (unpaired) electrons.